The third kappa shape index (κ3) is 13.6. The molecule has 114 valence electrons. The van der Waals surface area contributed by atoms with E-state index in [-0.39, 0.29) is 0 Å². The molecule has 1 unspecified atom stereocenters. The second-order valence-corrected chi connectivity index (χ2v) is 5.44. The van der Waals surface area contributed by atoms with Crippen molar-refractivity contribution >= 4 is 0 Å². The molecular weight excluding hydrogens is 242 g/mol. The Morgan fingerprint density at radius 3 is 1.58 bits per heavy atom. The Labute approximate surface area is 117 Å². The third-order valence-corrected chi connectivity index (χ3v) is 3.56. The van der Waals surface area contributed by atoms with Gasteiger partial charge in [0.2, 0.25) is 0 Å². The number of hydrogen-bond donors (Lipinski definition) is 1. The number of hydrogen-bond acceptors (Lipinski definition) is 3. The van der Waals surface area contributed by atoms with Crippen LogP contribution in [0.3, 0.4) is 0 Å². The SMILES string of the molecule is CCCCCCCCCCCCCCC(O)[N+](=O)[O-]. The maximum Gasteiger partial charge on any atom is 0.312 e. The van der Waals surface area contributed by atoms with E-state index < -0.39 is 11.2 Å². The smallest absolute Gasteiger partial charge is 0.312 e. The third-order valence-electron chi connectivity index (χ3n) is 3.56. The lowest BCUT2D eigenvalue weighted by Gasteiger charge is -2.03. The van der Waals surface area contributed by atoms with Gasteiger partial charge in [-0.05, 0) is 6.42 Å². The molecule has 1 N–H and O–H groups in total. The van der Waals surface area contributed by atoms with Gasteiger partial charge in [-0.2, -0.15) is 0 Å². The molecule has 0 saturated carbocycles. The Morgan fingerprint density at radius 1 is 0.842 bits per heavy atom. The molecule has 0 bridgehead atoms. The fraction of sp³-hybridized carbons (Fsp3) is 1.00. The van der Waals surface area contributed by atoms with Crippen LogP contribution in [0.5, 0.6) is 0 Å². The average Bonchev–Trinajstić information content (AvgIpc) is 2.39. The van der Waals surface area contributed by atoms with E-state index >= 15 is 0 Å². The first-order valence-corrected chi connectivity index (χ1v) is 8.00. The van der Waals surface area contributed by atoms with Gasteiger partial charge in [0.15, 0.2) is 0 Å². The van der Waals surface area contributed by atoms with Crippen LogP contribution in [0.2, 0.25) is 0 Å². The van der Waals surface area contributed by atoms with Crippen molar-refractivity contribution in [3.05, 3.63) is 10.1 Å². The van der Waals surface area contributed by atoms with Crippen LogP contribution >= 0.6 is 0 Å². The second-order valence-electron chi connectivity index (χ2n) is 5.44. The highest BCUT2D eigenvalue weighted by molar-refractivity contribution is 4.49. The first kappa shape index (κ1) is 18.4. The molecule has 0 amide bonds. The van der Waals surface area contributed by atoms with Gasteiger partial charge in [-0.3, -0.25) is 10.1 Å². The van der Waals surface area contributed by atoms with Gasteiger partial charge in [0.25, 0.3) is 0 Å². The molecule has 0 rings (SSSR count). The Hall–Kier alpha value is -0.640. The van der Waals surface area contributed by atoms with Crippen molar-refractivity contribution in [1.29, 1.82) is 0 Å². The lowest BCUT2D eigenvalue weighted by atomic mass is 10.0. The quantitative estimate of drug-likeness (QED) is 0.216. The van der Waals surface area contributed by atoms with Crippen LogP contribution in [0.1, 0.15) is 90.4 Å². The lowest BCUT2D eigenvalue weighted by Crippen LogP contribution is -2.17. The van der Waals surface area contributed by atoms with Crippen molar-refractivity contribution < 1.29 is 10.0 Å². The lowest BCUT2D eigenvalue weighted by molar-refractivity contribution is -0.571. The first-order valence-electron chi connectivity index (χ1n) is 8.00. The second kappa shape index (κ2) is 13.8. The predicted octanol–water partition coefficient (Wildman–Crippen LogP) is 4.67. The van der Waals surface area contributed by atoms with Gasteiger partial charge in [0.1, 0.15) is 0 Å². The molecule has 0 saturated heterocycles. The molecule has 0 radical (unpaired) electrons. The van der Waals surface area contributed by atoms with Crippen LogP contribution in [0.4, 0.5) is 0 Å². The Kier molecular flexibility index (Phi) is 13.3. The zero-order valence-corrected chi connectivity index (χ0v) is 12.5. The molecule has 19 heavy (non-hydrogen) atoms. The summed E-state index contributed by atoms with van der Waals surface area (Å²) in [6, 6.07) is 0. The maximum atomic E-state index is 10.2. The van der Waals surface area contributed by atoms with E-state index in [2.05, 4.69) is 6.92 Å². The van der Waals surface area contributed by atoms with Crippen molar-refractivity contribution in [2.45, 2.75) is 96.6 Å². The van der Waals surface area contributed by atoms with Crippen molar-refractivity contribution in [1.82, 2.24) is 0 Å². The molecule has 0 spiro atoms. The monoisotopic (exact) mass is 273 g/mol. The van der Waals surface area contributed by atoms with E-state index in [1.807, 2.05) is 0 Å². The topological polar surface area (TPSA) is 63.4 Å². The Morgan fingerprint density at radius 2 is 1.21 bits per heavy atom. The highest BCUT2D eigenvalue weighted by Gasteiger charge is 2.13. The van der Waals surface area contributed by atoms with Gasteiger partial charge in [-0.25, -0.2) is 0 Å². The van der Waals surface area contributed by atoms with Crippen molar-refractivity contribution in [2.24, 2.45) is 0 Å². The molecule has 0 aliphatic rings. The molecule has 0 aliphatic carbocycles. The van der Waals surface area contributed by atoms with Crippen LogP contribution in [0.15, 0.2) is 0 Å². The van der Waals surface area contributed by atoms with E-state index in [0.29, 0.717) is 6.42 Å². The van der Waals surface area contributed by atoms with Gasteiger partial charge in [-0.1, -0.05) is 77.6 Å². The summed E-state index contributed by atoms with van der Waals surface area (Å²) < 4.78 is 0. The number of rotatable bonds is 14. The van der Waals surface area contributed by atoms with Crippen LogP contribution in [0.25, 0.3) is 0 Å². The summed E-state index contributed by atoms with van der Waals surface area (Å²) in [4.78, 5) is 9.57. The molecule has 0 heterocycles. The Balaban J connectivity index is 3.05. The number of nitrogens with zero attached hydrogens (tertiary/aromatic N) is 1. The minimum Gasteiger partial charge on any atom is -0.333 e. The molecule has 0 aromatic rings. The van der Waals surface area contributed by atoms with E-state index in [4.69, 9.17) is 5.11 Å². The van der Waals surface area contributed by atoms with Crippen LogP contribution in [0, 0.1) is 10.1 Å². The highest BCUT2D eigenvalue weighted by Crippen LogP contribution is 2.12. The number of unbranched alkanes of at least 4 members (excludes halogenated alkanes) is 11. The molecule has 1 atom stereocenters. The van der Waals surface area contributed by atoms with Gasteiger partial charge in [0, 0.05) is 6.42 Å². The normalized spacial score (nSPS) is 12.5. The predicted molar refractivity (Wildman–Crippen MR) is 78.7 cm³/mol. The first-order chi connectivity index (χ1) is 9.18. The molecule has 0 aromatic carbocycles. The zero-order valence-electron chi connectivity index (χ0n) is 12.5. The summed E-state index contributed by atoms with van der Waals surface area (Å²) in [5.41, 5.74) is 0. The van der Waals surface area contributed by atoms with Crippen molar-refractivity contribution in [3.8, 4) is 0 Å². The van der Waals surface area contributed by atoms with E-state index in [1.165, 1.54) is 57.8 Å². The molecule has 0 fully saturated rings. The molecule has 0 aliphatic heterocycles. The van der Waals surface area contributed by atoms with Gasteiger partial charge in [-0.15, -0.1) is 0 Å². The summed E-state index contributed by atoms with van der Waals surface area (Å²) in [5, 5.41) is 19.2. The van der Waals surface area contributed by atoms with Gasteiger partial charge in [0.05, 0.1) is 4.92 Å². The summed E-state index contributed by atoms with van der Waals surface area (Å²) in [6.07, 6.45) is 13.8. The van der Waals surface area contributed by atoms with Crippen molar-refractivity contribution in [2.75, 3.05) is 0 Å². The summed E-state index contributed by atoms with van der Waals surface area (Å²) in [7, 11) is 0. The Bertz CT molecular complexity index is 210. The largest absolute Gasteiger partial charge is 0.333 e. The summed E-state index contributed by atoms with van der Waals surface area (Å²) in [6.45, 7) is 2.24. The highest BCUT2D eigenvalue weighted by atomic mass is 16.7. The van der Waals surface area contributed by atoms with E-state index in [0.717, 1.165) is 19.3 Å². The number of aliphatic hydroxyl groups is 1. The van der Waals surface area contributed by atoms with Crippen LogP contribution < -0.4 is 0 Å². The fourth-order valence-corrected chi connectivity index (χ4v) is 2.27. The standard InChI is InChI=1S/C15H31NO3/c1-2-3-4-5-6-7-8-9-10-11-12-13-14-15(17)16(18)19/h15,17H,2-14H2,1H3. The van der Waals surface area contributed by atoms with Crippen LogP contribution in [-0.2, 0) is 0 Å². The summed E-state index contributed by atoms with van der Waals surface area (Å²) in [5.74, 6) is 0. The van der Waals surface area contributed by atoms with E-state index in [9.17, 15) is 10.1 Å². The average molecular weight is 273 g/mol. The number of aliphatic hydroxyl groups excluding tert-OH is 1. The van der Waals surface area contributed by atoms with E-state index in [1.54, 1.807) is 0 Å². The maximum absolute atomic E-state index is 10.2. The van der Waals surface area contributed by atoms with Gasteiger partial charge >= 0.3 is 6.23 Å². The summed E-state index contributed by atoms with van der Waals surface area (Å²) >= 11 is 0. The minimum atomic E-state index is -1.36. The molecule has 4 nitrogen and oxygen atoms in total. The minimum absolute atomic E-state index is 0.296. The fourth-order valence-electron chi connectivity index (χ4n) is 2.27. The zero-order chi connectivity index (χ0) is 14.3. The van der Waals surface area contributed by atoms with Crippen LogP contribution in [-0.4, -0.2) is 16.3 Å². The van der Waals surface area contributed by atoms with Gasteiger partial charge < -0.3 is 5.11 Å². The number of nitro groups is 1. The molecule has 0 aromatic heterocycles. The molecule has 4 heteroatoms. The molecular formula is C15H31NO3. The van der Waals surface area contributed by atoms with Crippen molar-refractivity contribution in [3.63, 3.8) is 0 Å².